The second kappa shape index (κ2) is 6.46. The normalized spacial score (nSPS) is 12.6. The van der Waals surface area contributed by atoms with E-state index in [-0.39, 0.29) is 11.9 Å². The van der Waals surface area contributed by atoms with Crippen LogP contribution in [-0.2, 0) is 6.42 Å². The summed E-state index contributed by atoms with van der Waals surface area (Å²) in [5.41, 5.74) is 1.51. The number of nitrogens with zero attached hydrogens (tertiary/aromatic N) is 1. The number of nitrogens with one attached hydrogen (secondary N) is 1. The van der Waals surface area contributed by atoms with Crippen LogP contribution in [0, 0.1) is 5.82 Å². The fourth-order valence-corrected chi connectivity index (χ4v) is 3.00. The first kappa shape index (κ1) is 14.4. The summed E-state index contributed by atoms with van der Waals surface area (Å²) in [5, 5.41) is 6.65. The summed E-state index contributed by atoms with van der Waals surface area (Å²) in [7, 11) is 0. The maximum absolute atomic E-state index is 13.7. The van der Waals surface area contributed by atoms with Gasteiger partial charge in [0, 0.05) is 28.4 Å². The largest absolute Gasteiger partial charge is 0.309 e. The van der Waals surface area contributed by atoms with Crippen molar-refractivity contribution in [2.75, 3.05) is 6.54 Å². The molecule has 2 aromatic rings. The molecule has 0 saturated heterocycles. The summed E-state index contributed by atoms with van der Waals surface area (Å²) in [5.74, 6) is -0.274. The molecule has 2 rings (SSSR count). The van der Waals surface area contributed by atoms with Gasteiger partial charge in [0.15, 0.2) is 0 Å². The van der Waals surface area contributed by atoms with Crippen molar-refractivity contribution in [1.82, 2.24) is 10.3 Å². The number of aromatic nitrogens is 1. The highest BCUT2D eigenvalue weighted by Crippen LogP contribution is 2.25. The zero-order valence-corrected chi connectivity index (χ0v) is 12.5. The van der Waals surface area contributed by atoms with Gasteiger partial charge in [-0.1, -0.05) is 24.6 Å². The van der Waals surface area contributed by atoms with Gasteiger partial charge in [-0.25, -0.2) is 9.37 Å². The number of hydrogen-bond acceptors (Lipinski definition) is 3. The molecule has 0 spiro atoms. The molecule has 1 N–H and O–H groups in total. The van der Waals surface area contributed by atoms with Gasteiger partial charge in [-0.05, 0) is 25.6 Å². The third-order valence-electron chi connectivity index (χ3n) is 2.91. The highest BCUT2D eigenvalue weighted by Gasteiger charge is 2.12. The van der Waals surface area contributed by atoms with Crippen molar-refractivity contribution in [3.63, 3.8) is 0 Å². The molecule has 0 amide bonds. The molecular formula is C14H16ClFN2S. The van der Waals surface area contributed by atoms with Crippen LogP contribution >= 0.6 is 22.9 Å². The fourth-order valence-electron chi connectivity index (χ4n) is 1.87. The Labute approximate surface area is 121 Å². The third-order valence-corrected chi connectivity index (χ3v) is 4.13. The van der Waals surface area contributed by atoms with Crippen LogP contribution in [0.4, 0.5) is 4.39 Å². The SMILES string of the molecule is CCNC(C)c1csc(Cc2c(F)cccc2Cl)n1. The van der Waals surface area contributed by atoms with E-state index in [9.17, 15) is 4.39 Å². The van der Waals surface area contributed by atoms with Crippen molar-refractivity contribution in [2.45, 2.75) is 26.3 Å². The quantitative estimate of drug-likeness (QED) is 0.895. The maximum atomic E-state index is 13.7. The van der Waals surface area contributed by atoms with Gasteiger partial charge >= 0.3 is 0 Å². The van der Waals surface area contributed by atoms with E-state index >= 15 is 0 Å². The van der Waals surface area contributed by atoms with Crippen molar-refractivity contribution in [1.29, 1.82) is 0 Å². The van der Waals surface area contributed by atoms with Gasteiger partial charge in [-0.2, -0.15) is 0 Å². The molecule has 0 radical (unpaired) electrons. The highest BCUT2D eigenvalue weighted by molar-refractivity contribution is 7.09. The first-order valence-corrected chi connectivity index (χ1v) is 7.48. The monoisotopic (exact) mass is 298 g/mol. The lowest BCUT2D eigenvalue weighted by Gasteiger charge is -2.08. The van der Waals surface area contributed by atoms with E-state index in [1.807, 2.05) is 5.38 Å². The zero-order valence-electron chi connectivity index (χ0n) is 10.9. The van der Waals surface area contributed by atoms with E-state index in [4.69, 9.17) is 11.6 Å². The van der Waals surface area contributed by atoms with E-state index in [0.717, 1.165) is 17.2 Å². The van der Waals surface area contributed by atoms with Crippen LogP contribution in [0.5, 0.6) is 0 Å². The molecular weight excluding hydrogens is 283 g/mol. The van der Waals surface area contributed by atoms with Crippen molar-refractivity contribution < 1.29 is 4.39 Å². The molecule has 1 heterocycles. The Morgan fingerprint density at radius 1 is 1.47 bits per heavy atom. The molecule has 0 fully saturated rings. The van der Waals surface area contributed by atoms with E-state index in [1.54, 1.807) is 12.1 Å². The molecule has 102 valence electrons. The standard InChI is InChI=1S/C14H16ClFN2S/c1-3-17-9(2)13-8-19-14(18-13)7-10-11(15)5-4-6-12(10)16/h4-6,8-9,17H,3,7H2,1-2H3. The minimum atomic E-state index is -0.274. The van der Waals surface area contributed by atoms with Crippen molar-refractivity contribution in [3.05, 3.63) is 50.7 Å². The number of rotatable bonds is 5. The average molecular weight is 299 g/mol. The minimum absolute atomic E-state index is 0.214. The number of hydrogen-bond donors (Lipinski definition) is 1. The molecule has 1 aromatic carbocycles. The van der Waals surface area contributed by atoms with Crippen LogP contribution in [0.15, 0.2) is 23.6 Å². The van der Waals surface area contributed by atoms with Gasteiger partial charge in [0.2, 0.25) is 0 Å². The van der Waals surface area contributed by atoms with Crippen molar-refractivity contribution >= 4 is 22.9 Å². The van der Waals surface area contributed by atoms with Crippen molar-refractivity contribution in [2.24, 2.45) is 0 Å². The van der Waals surface area contributed by atoms with Crippen molar-refractivity contribution in [3.8, 4) is 0 Å². The maximum Gasteiger partial charge on any atom is 0.128 e. The highest BCUT2D eigenvalue weighted by atomic mass is 35.5. The molecule has 2 nitrogen and oxygen atoms in total. The molecule has 5 heteroatoms. The lowest BCUT2D eigenvalue weighted by Crippen LogP contribution is -2.17. The molecule has 0 bridgehead atoms. The summed E-state index contributed by atoms with van der Waals surface area (Å²) < 4.78 is 13.7. The van der Waals surface area contributed by atoms with Crippen LogP contribution in [-0.4, -0.2) is 11.5 Å². The van der Waals surface area contributed by atoms with Crippen LogP contribution in [0.25, 0.3) is 0 Å². The van der Waals surface area contributed by atoms with Gasteiger partial charge < -0.3 is 5.32 Å². The van der Waals surface area contributed by atoms with E-state index in [1.165, 1.54) is 17.4 Å². The lowest BCUT2D eigenvalue weighted by molar-refractivity contribution is 0.584. The Bertz CT molecular complexity index is 536. The van der Waals surface area contributed by atoms with Crippen LogP contribution in [0.1, 0.15) is 36.2 Å². The van der Waals surface area contributed by atoms with E-state index in [0.29, 0.717) is 17.0 Å². The van der Waals surface area contributed by atoms with E-state index in [2.05, 4.69) is 24.1 Å². The molecule has 19 heavy (non-hydrogen) atoms. The van der Waals surface area contributed by atoms with Crippen LogP contribution < -0.4 is 5.32 Å². The summed E-state index contributed by atoms with van der Waals surface area (Å²) in [6.07, 6.45) is 0.440. The smallest absolute Gasteiger partial charge is 0.128 e. The zero-order chi connectivity index (χ0) is 13.8. The predicted octanol–water partition coefficient (Wildman–Crippen LogP) is 4.20. The molecule has 0 saturated carbocycles. The second-order valence-electron chi connectivity index (χ2n) is 4.32. The molecule has 0 aliphatic heterocycles. The number of thiazole rings is 1. The minimum Gasteiger partial charge on any atom is -0.309 e. The topological polar surface area (TPSA) is 24.9 Å². The molecule has 1 unspecified atom stereocenters. The fraction of sp³-hybridized carbons (Fsp3) is 0.357. The Morgan fingerprint density at radius 3 is 2.95 bits per heavy atom. The summed E-state index contributed by atoms with van der Waals surface area (Å²) in [4.78, 5) is 4.54. The van der Waals surface area contributed by atoms with Crippen LogP contribution in [0.3, 0.4) is 0 Å². The Hall–Kier alpha value is -0.970. The molecule has 1 aromatic heterocycles. The average Bonchev–Trinajstić information content (AvgIpc) is 2.83. The Kier molecular flexibility index (Phi) is 4.91. The van der Waals surface area contributed by atoms with Gasteiger partial charge in [0.05, 0.1) is 10.7 Å². The van der Waals surface area contributed by atoms with Gasteiger partial charge in [-0.15, -0.1) is 11.3 Å². The third kappa shape index (κ3) is 3.53. The first-order valence-electron chi connectivity index (χ1n) is 6.22. The Morgan fingerprint density at radius 2 is 2.26 bits per heavy atom. The second-order valence-corrected chi connectivity index (χ2v) is 5.67. The predicted molar refractivity (Wildman–Crippen MR) is 78.4 cm³/mol. The van der Waals surface area contributed by atoms with E-state index < -0.39 is 0 Å². The molecule has 0 aliphatic rings. The molecule has 1 atom stereocenters. The number of halogens is 2. The lowest BCUT2D eigenvalue weighted by atomic mass is 10.1. The molecule has 0 aliphatic carbocycles. The van der Waals surface area contributed by atoms with Gasteiger partial charge in [-0.3, -0.25) is 0 Å². The van der Waals surface area contributed by atoms with Gasteiger partial charge in [0.1, 0.15) is 5.82 Å². The first-order chi connectivity index (χ1) is 9.11. The van der Waals surface area contributed by atoms with Crippen LogP contribution in [0.2, 0.25) is 5.02 Å². The Balaban J connectivity index is 2.16. The van der Waals surface area contributed by atoms with Gasteiger partial charge in [0.25, 0.3) is 0 Å². The summed E-state index contributed by atoms with van der Waals surface area (Å²) in [6.45, 7) is 5.02. The number of benzene rings is 1. The summed E-state index contributed by atoms with van der Waals surface area (Å²) in [6, 6.07) is 4.96. The summed E-state index contributed by atoms with van der Waals surface area (Å²) >= 11 is 7.56.